The fourth-order valence-electron chi connectivity index (χ4n) is 2.73. The Kier molecular flexibility index (Phi) is 6.14. The molecule has 2 heterocycles. The highest BCUT2D eigenvalue weighted by Crippen LogP contribution is 2.18. The maximum Gasteiger partial charge on any atom is 0.222 e. The number of aryl methyl sites for hydroxylation is 1. The van der Waals surface area contributed by atoms with Gasteiger partial charge in [-0.15, -0.1) is 0 Å². The van der Waals surface area contributed by atoms with E-state index in [1.165, 1.54) is 5.56 Å². The number of hydrogen-bond acceptors (Lipinski definition) is 4. The lowest BCUT2D eigenvalue weighted by Crippen LogP contribution is -2.47. The third-order valence-corrected chi connectivity index (χ3v) is 4.14. The van der Waals surface area contributed by atoms with Gasteiger partial charge in [0.2, 0.25) is 5.91 Å². The van der Waals surface area contributed by atoms with Gasteiger partial charge in [0, 0.05) is 44.4 Å². The van der Waals surface area contributed by atoms with Crippen LogP contribution in [0.2, 0.25) is 0 Å². The van der Waals surface area contributed by atoms with Crippen LogP contribution < -0.4 is 0 Å². The van der Waals surface area contributed by atoms with Gasteiger partial charge in [0.25, 0.3) is 0 Å². The van der Waals surface area contributed by atoms with Crippen LogP contribution in [0.5, 0.6) is 0 Å². The Balaban J connectivity index is 1.66. The highest BCUT2D eigenvalue weighted by Gasteiger charge is 2.29. The molecule has 1 aromatic heterocycles. The van der Waals surface area contributed by atoms with Crippen molar-refractivity contribution >= 4 is 5.91 Å². The number of aliphatic hydroxyl groups is 2. The van der Waals surface area contributed by atoms with Gasteiger partial charge < -0.3 is 15.1 Å². The van der Waals surface area contributed by atoms with Crippen LogP contribution in [0.1, 0.15) is 31.2 Å². The summed E-state index contributed by atoms with van der Waals surface area (Å²) in [6.07, 6.45) is 6.98. The normalized spacial score (nSPS) is 22.3. The molecular formula is C16H24N2O3. The van der Waals surface area contributed by atoms with Crippen LogP contribution in [0, 0.1) is 5.92 Å². The smallest absolute Gasteiger partial charge is 0.222 e. The molecule has 2 N–H and O–H groups in total. The van der Waals surface area contributed by atoms with E-state index in [-0.39, 0.29) is 18.4 Å². The number of aromatic nitrogens is 1. The van der Waals surface area contributed by atoms with E-state index in [2.05, 4.69) is 4.98 Å². The number of amides is 1. The largest absolute Gasteiger partial charge is 0.396 e. The van der Waals surface area contributed by atoms with Crippen LogP contribution in [0.15, 0.2) is 24.5 Å². The molecule has 1 saturated heterocycles. The number of unbranched alkanes of at least 4 members (excludes halogenated alkanes) is 1. The van der Waals surface area contributed by atoms with Crippen LogP contribution in [0.25, 0.3) is 0 Å². The van der Waals surface area contributed by atoms with Crippen LogP contribution in [-0.2, 0) is 11.2 Å². The van der Waals surface area contributed by atoms with Gasteiger partial charge in [0.1, 0.15) is 0 Å². The van der Waals surface area contributed by atoms with Gasteiger partial charge in [0.15, 0.2) is 0 Å². The van der Waals surface area contributed by atoms with Crippen molar-refractivity contribution in [2.75, 3.05) is 19.7 Å². The molecule has 5 heteroatoms. The molecule has 2 atom stereocenters. The molecule has 0 bridgehead atoms. The van der Waals surface area contributed by atoms with Crippen molar-refractivity contribution < 1.29 is 15.0 Å². The molecule has 2 rings (SSSR count). The van der Waals surface area contributed by atoms with Gasteiger partial charge >= 0.3 is 0 Å². The van der Waals surface area contributed by atoms with E-state index in [9.17, 15) is 9.90 Å². The third-order valence-electron chi connectivity index (χ3n) is 4.14. The van der Waals surface area contributed by atoms with Crippen molar-refractivity contribution in [3.63, 3.8) is 0 Å². The average molecular weight is 292 g/mol. The second-order valence-corrected chi connectivity index (χ2v) is 5.71. The number of likely N-dealkylation sites (tertiary alicyclic amines) is 1. The minimum atomic E-state index is -0.594. The minimum Gasteiger partial charge on any atom is -0.396 e. The van der Waals surface area contributed by atoms with E-state index >= 15 is 0 Å². The fraction of sp³-hybridized carbons (Fsp3) is 0.625. The summed E-state index contributed by atoms with van der Waals surface area (Å²) < 4.78 is 0. The predicted octanol–water partition coefficient (Wildman–Crippen LogP) is 0.996. The first kappa shape index (κ1) is 15.9. The number of pyridine rings is 1. The first-order valence-corrected chi connectivity index (χ1v) is 7.66. The van der Waals surface area contributed by atoms with Crippen molar-refractivity contribution in [3.8, 4) is 0 Å². The molecule has 0 spiro atoms. The molecule has 1 amide bonds. The van der Waals surface area contributed by atoms with Crippen LogP contribution in [0.3, 0.4) is 0 Å². The fourth-order valence-corrected chi connectivity index (χ4v) is 2.73. The van der Waals surface area contributed by atoms with Gasteiger partial charge in [-0.3, -0.25) is 9.78 Å². The van der Waals surface area contributed by atoms with Crippen LogP contribution >= 0.6 is 0 Å². The molecule has 0 radical (unpaired) electrons. The second-order valence-electron chi connectivity index (χ2n) is 5.71. The topological polar surface area (TPSA) is 73.7 Å². The maximum atomic E-state index is 12.1. The number of piperidine rings is 1. The maximum absolute atomic E-state index is 12.1. The molecular weight excluding hydrogens is 268 g/mol. The van der Waals surface area contributed by atoms with E-state index in [1.807, 2.05) is 18.3 Å². The lowest BCUT2D eigenvalue weighted by Gasteiger charge is -2.35. The number of rotatable bonds is 6. The Hall–Kier alpha value is -1.46. The van der Waals surface area contributed by atoms with Gasteiger partial charge in [-0.2, -0.15) is 0 Å². The summed E-state index contributed by atoms with van der Waals surface area (Å²) in [5.41, 5.74) is 1.20. The van der Waals surface area contributed by atoms with Crippen molar-refractivity contribution in [2.24, 2.45) is 5.92 Å². The second kappa shape index (κ2) is 8.10. The molecule has 0 aromatic carbocycles. The molecule has 116 valence electrons. The molecule has 1 aliphatic heterocycles. The standard InChI is InChI=1S/C16H24N2O3/c19-12-14-7-9-18(11-15(14)20)16(21)6-2-1-4-13-5-3-8-17-10-13/h3,5,8,10,14-15,19-20H,1-2,4,6-7,9,11-12H2/t14-,15-/m1/s1. The Morgan fingerprint density at radius 3 is 2.95 bits per heavy atom. The summed E-state index contributed by atoms with van der Waals surface area (Å²) in [6.45, 7) is 0.991. The summed E-state index contributed by atoms with van der Waals surface area (Å²) in [6, 6.07) is 3.97. The van der Waals surface area contributed by atoms with Gasteiger partial charge in [-0.1, -0.05) is 6.07 Å². The number of nitrogens with zero attached hydrogens (tertiary/aromatic N) is 2. The first-order valence-electron chi connectivity index (χ1n) is 7.66. The Bertz CT molecular complexity index is 438. The zero-order chi connectivity index (χ0) is 15.1. The molecule has 0 unspecified atom stereocenters. The van der Waals surface area contributed by atoms with Gasteiger partial charge in [0.05, 0.1) is 6.10 Å². The summed E-state index contributed by atoms with van der Waals surface area (Å²) in [5.74, 6) is 0.0243. The highest BCUT2D eigenvalue weighted by atomic mass is 16.3. The Morgan fingerprint density at radius 2 is 2.29 bits per heavy atom. The third kappa shape index (κ3) is 4.79. The molecule has 1 fully saturated rings. The zero-order valence-electron chi connectivity index (χ0n) is 12.3. The number of carbonyl (C=O) groups excluding carboxylic acids is 1. The average Bonchev–Trinajstić information content (AvgIpc) is 2.52. The Morgan fingerprint density at radius 1 is 1.43 bits per heavy atom. The number of β-amino-alcohol motifs (C(OH)–C–C–N with tert-alkyl or cyclic N) is 1. The van der Waals surface area contributed by atoms with E-state index in [0.29, 0.717) is 25.9 Å². The van der Waals surface area contributed by atoms with Crippen molar-refractivity contribution in [3.05, 3.63) is 30.1 Å². The van der Waals surface area contributed by atoms with Crippen molar-refractivity contribution in [1.82, 2.24) is 9.88 Å². The molecule has 1 aliphatic rings. The molecule has 0 saturated carbocycles. The first-order chi connectivity index (χ1) is 10.2. The summed E-state index contributed by atoms with van der Waals surface area (Å²) >= 11 is 0. The predicted molar refractivity (Wildman–Crippen MR) is 79.6 cm³/mol. The van der Waals surface area contributed by atoms with Crippen molar-refractivity contribution in [1.29, 1.82) is 0 Å². The lowest BCUT2D eigenvalue weighted by molar-refractivity contribution is -0.136. The molecule has 1 aromatic rings. The lowest BCUT2D eigenvalue weighted by atomic mass is 9.94. The van der Waals surface area contributed by atoms with Gasteiger partial charge in [-0.25, -0.2) is 0 Å². The summed E-state index contributed by atoms with van der Waals surface area (Å²) in [4.78, 5) is 17.9. The van der Waals surface area contributed by atoms with Gasteiger partial charge in [-0.05, 0) is 37.3 Å². The minimum absolute atomic E-state index is 0.00565. The van der Waals surface area contributed by atoms with Crippen molar-refractivity contribution in [2.45, 2.75) is 38.2 Å². The quantitative estimate of drug-likeness (QED) is 0.767. The highest BCUT2D eigenvalue weighted by molar-refractivity contribution is 5.76. The number of carbonyl (C=O) groups is 1. The number of aliphatic hydroxyl groups excluding tert-OH is 2. The summed E-state index contributed by atoms with van der Waals surface area (Å²) in [7, 11) is 0. The monoisotopic (exact) mass is 292 g/mol. The van der Waals surface area contributed by atoms with E-state index in [0.717, 1.165) is 19.3 Å². The summed E-state index contributed by atoms with van der Waals surface area (Å²) in [5, 5.41) is 18.9. The molecule has 5 nitrogen and oxygen atoms in total. The van der Waals surface area contributed by atoms with E-state index < -0.39 is 6.10 Å². The zero-order valence-corrected chi connectivity index (χ0v) is 12.3. The van der Waals surface area contributed by atoms with Crippen LogP contribution in [0.4, 0.5) is 0 Å². The molecule has 0 aliphatic carbocycles. The van der Waals surface area contributed by atoms with Crippen LogP contribution in [-0.4, -0.2) is 51.8 Å². The number of hydrogen-bond donors (Lipinski definition) is 2. The van der Waals surface area contributed by atoms with E-state index in [1.54, 1.807) is 11.1 Å². The van der Waals surface area contributed by atoms with E-state index in [4.69, 9.17) is 5.11 Å². The SMILES string of the molecule is O=C(CCCCc1cccnc1)N1CC[C@H](CO)[C@H](O)C1. The Labute approximate surface area is 125 Å². The molecule has 21 heavy (non-hydrogen) atoms.